The fraction of sp³-hybridized carbons (Fsp3) is 0.533. The monoisotopic (exact) mass is 281 g/mol. The van der Waals surface area contributed by atoms with Crippen molar-refractivity contribution in [1.82, 2.24) is 5.32 Å². The molecule has 0 radical (unpaired) electrons. The number of methoxy groups -OCH3 is 2. The first kappa shape index (κ1) is 16.3. The molecule has 0 amide bonds. The summed E-state index contributed by atoms with van der Waals surface area (Å²) in [6.45, 7) is 4.47. The molecule has 0 aliphatic carbocycles. The van der Waals surface area contributed by atoms with E-state index in [0.29, 0.717) is 30.4 Å². The zero-order chi connectivity index (χ0) is 15.1. The van der Waals surface area contributed by atoms with Crippen molar-refractivity contribution in [3.05, 3.63) is 23.8 Å². The maximum Gasteiger partial charge on any atom is 0.320 e. The summed E-state index contributed by atoms with van der Waals surface area (Å²) < 4.78 is 10.4. The first-order chi connectivity index (χ1) is 9.46. The van der Waals surface area contributed by atoms with E-state index in [1.165, 1.54) is 0 Å². The van der Waals surface area contributed by atoms with Crippen molar-refractivity contribution in [2.75, 3.05) is 14.2 Å². The lowest BCUT2D eigenvalue weighted by atomic mass is 10.0. The van der Waals surface area contributed by atoms with Gasteiger partial charge in [0.25, 0.3) is 0 Å². The van der Waals surface area contributed by atoms with E-state index in [1.807, 2.05) is 26.0 Å². The van der Waals surface area contributed by atoms with Gasteiger partial charge in [0, 0.05) is 12.6 Å². The highest BCUT2D eigenvalue weighted by molar-refractivity contribution is 5.73. The van der Waals surface area contributed by atoms with Crippen LogP contribution in [0.4, 0.5) is 0 Å². The molecule has 0 saturated carbocycles. The van der Waals surface area contributed by atoms with Gasteiger partial charge in [-0.2, -0.15) is 0 Å². The van der Waals surface area contributed by atoms with E-state index in [-0.39, 0.29) is 0 Å². The lowest BCUT2D eigenvalue weighted by Gasteiger charge is -2.17. The molecular formula is C15H23NO4. The van der Waals surface area contributed by atoms with Gasteiger partial charge in [0.1, 0.15) is 17.5 Å². The average Bonchev–Trinajstić information content (AvgIpc) is 2.42. The van der Waals surface area contributed by atoms with Crippen LogP contribution < -0.4 is 14.8 Å². The topological polar surface area (TPSA) is 67.8 Å². The predicted octanol–water partition coefficient (Wildman–Crippen LogP) is 2.29. The molecule has 0 fully saturated rings. The number of carboxylic acids is 1. The van der Waals surface area contributed by atoms with Gasteiger partial charge in [-0.15, -0.1) is 0 Å². The standard InChI is InChI=1S/C15H23NO4/c1-10(2)5-14(15(17)18)16-9-11-6-12(19-3)8-13(7-11)20-4/h6-8,10,14,16H,5,9H2,1-4H3,(H,17,18)/t14-/m1/s1. The Balaban J connectivity index is 2.74. The number of rotatable bonds is 8. The predicted molar refractivity (Wildman–Crippen MR) is 77.3 cm³/mol. The second-order valence-electron chi connectivity index (χ2n) is 5.12. The van der Waals surface area contributed by atoms with E-state index in [1.54, 1.807) is 20.3 Å². The molecule has 1 atom stereocenters. The molecule has 1 rings (SSSR count). The van der Waals surface area contributed by atoms with Crippen molar-refractivity contribution < 1.29 is 19.4 Å². The first-order valence-electron chi connectivity index (χ1n) is 6.64. The second-order valence-corrected chi connectivity index (χ2v) is 5.12. The molecule has 0 spiro atoms. The third-order valence-electron chi connectivity index (χ3n) is 2.97. The minimum atomic E-state index is -0.825. The second kappa shape index (κ2) is 7.75. The molecule has 0 aliphatic rings. The molecule has 0 unspecified atom stereocenters. The van der Waals surface area contributed by atoms with Gasteiger partial charge in [-0.25, -0.2) is 0 Å². The Labute approximate surface area is 119 Å². The van der Waals surface area contributed by atoms with Crippen molar-refractivity contribution >= 4 is 5.97 Å². The molecule has 5 nitrogen and oxygen atoms in total. The maximum absolute atomic E-state index is 11.2. The highest BCUT2D eigenvalue weighted by atomic mass is 16.5. The largest absolute Gasteiger partial charge is 0.497 e. The fourth-order valence-electron chi connectivity index (χ4n) is 1.95. The molecule has 20 heavy (non-hydrogen) atoms. The van der Waals surface area contributed by atoms with Crippen LogP contribution in [0.1, 0.15) is 25.8 Å². The number of hydrogen-bond acceptors (Lipinski definition) is 4. The molecule has 0 aliphatic heterocycles. The SMILES string of the molecule is COc1cc(CN[C@H](CC(C)C)C(=O)O)cc(OC)c1. The number of ether oxygens (including phenoxy) is 2. The molecule has 0 saturated heterocycles. The quantitative estimate of drug-likeness (QED) is 0.765. The van der Waals surface area contributed by atoms with Gasteiger partial charge in [-0.3, -0.25) is 4.79 Å². The van der Waals surface area contributed by atoms with Gasteiger partial charge >= 0.3 is 5.97 Å². The van der Waals surface area contributed by atoms with Crippen LogP contribution in [0.25, 0.3) is 0 Å². The van der Waals surface area contributed by atoms with Crippen molar-refractivity contribution in [2.45, 2.75) is 32.9 Å². The Morgan fingerprint density at radius 3 is 2.15 bits per heavy atom. The summed E-state index contributed by atoms with van der Waals surface area (Å²) in [7, 11) is 3.18. The number of benzene rings is 1. The lowest BCUT2D eigenvalue weighted by molar-refractivity contribution is -0.140. The Bertz CT molecular complexity index is 423. The van der Waals surface area contributed by atoms with Gasteiger partial charge in [0.2, 0.25) is 0 Å². The molecule has 0 aromatic heterocycles. The van der Waals surface area contributed by atoms with Crippen molar-refractivity contribution in [1.29, 1.82) is 0 Å². The number of carbonyl (C=O) groups is 1. The molecule has 1 aromatic rings. The number of carboxylic acid groups (broad SMARTS) is 1. The van der Waals surface area contributed by atoms with Gasteiger partial charge in [0.15, 0.2) is 0 Å². The summed E-state index contributed by atoms with van der Waals surface area (Å²) in [6.07, 6.45) is 0.594. The number of nitrogens with one attached hydrogen (secondary N) is 1. The summed E-state index contributed by atoms with van der Waals surface area (Å²) in [5.41, 5.74) is 0.927. The van der Waals surface area contributed by atoms with E-state index in [4.69, 9.17) is 9.47 Å². The lowest BCUT2D eigenvalue weighted by Crippen LogP contribution is -2.37. The summed E-state index contributed by atoms with van der Waals surface area (Å²) in [6, 6.07) is 4.96. The van der Waals surface area contributed by atoms with E-state index in [0.717, 1.165) is 5.56 Å². The number of hydrogen-bond donors (Lipinski definition) is 2. The Hall–Kier alpha value is -1.75. The zero-order valence-corrected chi connectivity index (χ0v) is 12.5. The molecule has 0 bridgehead atoms. The van der Waals surface area contributed by atoms with Crippen LogP contribution >= 0.6 is 0 Å². The van der Waals surface area contributed by atoms with Crippen LogP contribution in [0.2, 0.25) is 0 Å². The average molecular weight is 281 g/mol. The van der Waals surface area contributed by atoms with Crippen LogP contribution in [0.15, 0.2) is 18.2 Å². The van der Waals surface area contributed by atoms with E-state index in [2.05, 4.69) is 5.32 Å². The molecule has 5 heteroatoms. The summed E-state index contributed by atoms with van der Waals surface area (Å²) in [5, 5.41) is 12.2. The van der Waals surface area contributed by atoms with Crippen LogP contribution in [0.3, 0.4) is 0 Å². The molecule has 0 heterocycles. The van der Waals surface area contributed by atoms with Gasteiger partial charge in [-0.1, -0.05) is 13.8 Å². The van der Waals surface area contributed by atoms with Crippen molar-refractivity contribution in [3.8, 4) is 11.5 Å². The van der Waals surface area contributed by atoms with Crippen LogP contribution in [0, 0.1) is 5.92 Å². The van der Waals surface area contributed by atoms with Gasteiger partial charge in [-0.05, 0) is 30.0 Å². The Morgan fingerprint density at radius 2 is 1.75 bits per heavy atom. The Kier molecular flexibility index (Phi) is 6.31. The van der Waals surface area contributed by atoms with E-state index in [9.17, 15) is 9.90 Å². The smallest absolute Gasteiger partial charge is 0.320 e. The summed E-state index contributed by atoms with van der Waals surface area (Å²) in [5.74, 6) is 0.880. The van der Waals surface area contributed by atoms with Crippen LogP contribution in [-0.2, 0) is 11.3 Å². The minimum Gasteiger partial charge on any atom is -0.497 e. The van der Waals surface area contributed by atoms with E-state index < -0.39 is 12.0 Å². The third kappa shape index (κ3) is 5.09. The van der Waals surface area contributed by atoms with Crippen molar-refractivity contribution in [3.63, 3.8) is 0 Å². The highest BCUT2D eigenvalue weighted by Gasteiger charge is 2.18. The van der Waals surface area contributed by atoms with Crippen LogP contribution in [-0.4, -0.2) is 31.3 Å². The number of aliphatic carboxylic acids is 1. The molecule has 2 N–H and O–H groups in total. The minimum absolute atomic E-state index is 0.323. The summed E-state index contributed by atoms with van der Waals surface area (Å²) >= 11 is 0. The maximum atomic E-state index is 11.2. The van der Waals surface area contributed by atoms with Gasteiger partial charge in [0.05, 0.1) is 14.2 Å². The third-order valence-corrected chi connectivity index (χ3v) is 2.97. The zero-order valence-electron chi connectivity index (χ0n) is 12.5. The molecular weight excluding hydrogens is 258 g/mol. The van der Waals surface area contributed by atoms with Crippen molar-refractivity contribution in [2.24, 2.45) is 5.92 Å². The fourth-order valence-corrected chi connectivity index (χ4v) is 1.95. The Morgan fingerprint density at radius 1 is 1.20 bits per heavy atom. The normalized spacial score (nSPS) is 12.2. The summed E-state index contributed by atoms with van der Waals surface area (Å²) in [4.78, 5) is 11.2. The van der Waals surface area contributed by atoms with E-state index >= 15 is 0 Å². The molecule has 1 aromatic carbocycles. The van der Waals surface area contributed by atoms with Gasteiger partial charge < -0.3 is 19.9 Å². The first-order valence-corrected chi connectivity index (χ1v) is 6.64. The van der Waals surface area contributed by atoms with Crippen LogP contribution in [0.5, 0.6) is 11.5 Å². The molecule has 112 valence electrons. The highest BCUT2D eigenvalue weighted by Crippen LogP contribution is 2.22.